The predicted molar refractivity (Wildman–Crippen MR) is 81.6 cm³/mol. The number of ketones is 1. The van der Waals surface area contributed by atoms with E-state index in [0.717, 1.165) is 5.56 Å². The Morgan fingerprint density at radius 1 is 0.905 bits per heavy atom. The Morgan fingerprint density at radius 3 is 1.95 bits per heavy atom. The van der Waals surface area contributed by atoms with Crippen molar-refractivity contribution in [1.82, 2.24) is 0 Å². The standard InChI is InChI=1S/C16H17O4P/c1-19-21(18,20-2)12-13-8-10-15(11-9-13)16(17)14-6-4-3-5-7-14/h3-11H,12H2,1-2H3. The van der Waals surface area contributed by atoms with Crippen molar-refractivity contribution in [2.24, 2.45) is 0 Å². The van der Waals surface area contributed by atoms with Crippen LogP contribution in [0, 0.1) is 0 Å². The third-order valence-electron chi connectivity index (χ3n) is 3.18. The number of hydrogen-bond acceptors (Lipinski definition) is 4. The van der Waals surface area contributed by atoms with Gasteiger partial charge in [0, 0.05) is 25.3 Å². The molecule has 0 aliphatic carbocycles. The largest absolute Gasteiger partial charge is 0.334 e. The number of carbonyl (C=O) groups excluding carboxylic acids is 1. The van der Waals surface area contributed by atoms with Crippen LogP contribution in [0.4, 0.5) is 0 Å². The van der Waals surface area contributed by atoms with Gasteiger partial charge in [0.15, 0.2) is 5.78 Å². The summed E-state index contributed by atoms with van der Waals surface area (Å²) >= 11 is 0. The molecule has 0 unspecified atom stereocenters. The third-order valence-corrected chi connectivity index (χ3v) is 5.05. The van der Waals surface area contributed by atoms with E-state index in [9.17, 15) is 9.36 Å². The Hall–Kier alpha value is -1.74. The lowest BCUT2D eigenvalue weighted by molar-refractivity contribution is 0.103. The number of hydrogen-bond donors (Lipinski definition) is 0. The lowest BCUT2D eigenvalue weighted by Gasteiger charge is -2.13. The molecule has 21 heavy (non-hydrogen) atoms. The van der Waals surface area contributed by atoms with Gasteiger partial charge in [-0.25, -0.2) is 0 Å². The molecule has 0 saturated carbocycles. The molecule has 5 heteroatoms. The first kappa shape index (κ1) is 15.6. The zero-order chi connectivity index (χ0) is 15.3. The van der Waals surface area contributed by atoms with Gasteiger partial charge in [-0.1, -0.05) is 54.6 Å². The van der Waals surface area contributed by atoms with E-state index in [-0.39, 0.29) is 11.9 Å². The molecule has 2 aromatic rings. The summed E-state index contributed by atoms with van der Waals surface area (Å²) in [5.41, 5.74) is 2.03. The van der Waals surface area contributed by atoms with Crippen molar-refractivity contribution >= 4 is 13.4 Å². The van der Waals surface area contributed by atoms with Gasteiger partial charge in [-0.3, -0.25) is 9.36 Å². The van der Waals surface area contributed by atoms with E-state index in [1.807, 2.05) is 18.2 Å². The second-order valence-electron chi connectivity index (χ2n) is 4.53. The van der Waals surface area contributed by atoms with Crippen LogP contribution in [-0.4, -0.2) is 20.0 Å². The highest BCUT2D eigenvalue weighted by atomic mass is 31.2. The molecule has 0 atom stereocenters. The molecule has 0 radical (unpaired) electrons. The van der Waals surface area contributed by atoms with Crippen LogP contribution in [-0.2, 0) is 19.8 Å². The molecule has 0 aliphatic heterocycles. The summed E-state index contributed by atoms with van der Waals surface area (Å²) in [6.45, 7) is 0. The normalized spacial score (nSPS) is 11.3. The van der Waals surface area contributed by atoms with Crippen LogP contribution in [0.1, 0.15) is 21.5 Å². The van der Waals surface area contributed by atoms with Gasteiger partial charge in [-0.15, -0.1) is 0 Å². The van der Waals surface area contributed by atoms with Crippen LogP contribution in [0.15, 0.2) is 54.6 Å². The van der Waals surface area contributed by atoms with Gasteiger partial charge >= 0.3 is 7.60 Å². The average molecular weight is 304 g/mol. The van der Waals surface area contributed by atoms with Crippen LogP contribution in [0.3, 0.4) is 0 Å². The molecule has 0 N–H and O–H groups in total. The zero-order valence-corrected chi connectivity index (χ0v) is 12.9. The van der Waals surface area contributed by atoms with Crippen molar-refractivity contribution < 1.29 is 18.4 Å². The average Bonchev–Trinajstić information content (AvgIpc) is 2.55. The summed E-state index contributed by atoms with van der Waals surface area (Å²) in [6.07, 6.45) is 0.180. The minimum absolute atomic E-state index is 0.0381. The summed E-state index contributed by atoms with van der Waals surface area (Å²) in [5, 5.41) is 0. The van der Waals surface area contributed by atoms with Crippen LogP contribution in [0.25, 0.3) is 0 Å². The van der Waals surface area contributed by atoms with Crippen LogP contribution in [0.5, 0.6) is 0 Å². The number of benzene rings is 2. The molecule has 0 heterocycles. The second kappa shape index (κ2) is 6.81. The Morgan fingerprint density at radius 2 is 1.43 bits per heavy atom. The van der Waals surface area contributed by atoms with Crippen molar-refractivity contribution in [3.8, 4) is 0 Å². The molecular weight excluding hydrogens is 287 g/mol. The van der Waals surface area contributed by atoms with Crippen molar-refractivity contribution in [3.05, 3.63) is 71.3 Å². The van der Waals surface area contributed by atoms with Gasteiger partial charge in [0.1, 0.15) is 0 Å². The summed E-state index contributed by atoms with van der Waals surface area (Å²) < 4.78 is 21.9. The predicted octanol–water partition coefficient (Wildman–Crippen LogP) is 3.90. The van der Waals surface area contributed by atoms with E-state index in [0.29, 0.717) is 11.1 Å². The quantitative estimate of drug-likeness (QED) is 0.600. The van der Waals surface area contributed by atoms with E-state index < -0.39 is 7.60 Å². The Bertz CT molecular complexity index is 642. The van der Waals surface area contributed by atoms with E-state index in [4.69, 9.17) is 9.05 Å². The summed E-state index contributed by atoms with van der Waals surface area (Å²) in [5.74, 6) is -0.0381. The molecule has 0 bridgehead atoms. The minimum Gasteiger partial charge on any atom is -0.312 e. The van der Waals surface area contributed by atoms with Crippen LogP contribution in [0.2, 0.25) is 0 Å². The van der Waals surface area contributed by atoms with Gasteiger partial charge in [0.05, 0.1) is 6.16 Å². The van der Waals surface area contributed by atoms with Crippen molar-refractivity contribution in [2.45, 2.75) is 6.16 Å². The van der Waals surface area contributed by atoms with E-state index in [2.05, 4.69) is 0 Å². The summed E-state index contributed by atoms with van der Waals surface area (Å²) in [7, 11) is -0.367. The van der Waals surface area contributed by atoms with Gasteiger partial charge in [0.2, 0.25) is 0 Å². The molecule has 0 amide bonds. The topological polar surface area (TPSA) is 52.6 Å². The zero-order valence-electron chi connectivity index (χ0n) is 12.0. The first-order valence-corrected chi connectivity index (χ1v) is 8.20. The van der Waals surface area contributed by atoms with Crippen molar-refractivity contribution in [3.63, 3.8) is 0 Å². The van der Waals surface area contributed by atoms with E-state index >= 15 is 0 Å². The molecule has 0 aromatic heterocycles. The maximum atomic E-state index is 12.3. The first-order chi connectivity index (χ1) is 10.1. The maximum absolute atomic E-state index is 12.3. The highest BCUT2D eigenvalue weighted by Crippen LogP contribution is 2.49. The fourth-order valence-corrected chi connectivity index (χ4v) is 3.01. The maximum Gasteiger partial charge on any atom is 0.334 e. The van der Waals surface area contributed by atoms with Crippen molar-refractivity contribution in [2.75, 3.05) is 14.2 Å². The summed E-state index contributed by atoms with van der Waals surface area (Å²) in [4.78, 5) is 12.3. The number of carbonyl (C=O) groups is 1. The highest BCUT2D eigenvalue weighted by molar-refractivity contribution is 7.52. The van der Waals surface area contributed by atoms with Gasteiger partial charge in [-0.2, -0.15) is 0 Å². The molecule has 2 rings (SSSR count). The highest BCUT2D eigenvalue weighted by Gasteiger charge is 2.21. The minimum atomic E-state index is -3.08. The van der Waals surface area contributed by atoms with Gasteiger partial charge < -0.3 is 9.05 Å². The van der Waals surface area contributed by atoms with Crippen LogP contribution >= 0.6 is 7.60 Å². The molecule has 0 fully saturated rings. The number of rotatable bonds is 6. The van der Waals surface area contributed by atoms with E-state index in [1.165, 1.54) is 14.2 Å². The molecule has 110 valence electrons. The summed E-state index contributed by atoms with van der Waals surface area (Å²) in [6, 6.07) is 16.1. The van der Waals surface area contributed by atoms with Crippen LogP contribution < -0.4 is 0 Å². The molecule has 0 saturated heterocycles. The molecule has 0 aliphatic rings. The monoisotopic (exact) mass is 304 g/mol. The van der Waals surface area contributed by atoms with Gasteiger partial charge in [0.25, 0.3) is 0 Å². The lowest BCUT2D eigenvalue weighted by Crippen LogP contribution is -2.01. The van der Waals surface area contributed by atoms with Crippen molar-refractivity contribution in [1.29, 1.82) is 0 Å². The lowest BCUT2D eigenvalue weighted by atomic mass is 10.0. The SMILES string of the molecule is COP(=O)(Cc1ccc(C(=O)c2ccccc2)cc1)OC. The first-order valence-electron chi connectivity index (χ1n) is 6.47. The molecule has 4 nitrogen and oxygen atoms in total. The molecule has 2 aromatic carbocycles. The molecular formula is C16H17O4P. The van der Waals surface area contributed by atoms with E-state index in [1.54, 1.807) is 36.4 Å². The Kier molecular flexibility index (Phi) is 5.07. The smallest absolute Gasteiger partial charge is 0.312 e. The Labute approximate surface area is 124 Å². The Balaban J connectivity index is 2.16. The second-order valence-corrected chi connectivity index (χ2v) is 6.79. The fourth-order valence-electron chi connectivity index (χ4n) is 1.94. The van der Waals surface area contributed by atoms with Gasteiger partial charge in [-0.05, 0) is 5.56 Å². The molecule has 0 spiro atoms. The fraction of sp³-hybridized carbons (Fsp3) is 0.188. The third kappa shape index (κ3) is 3.88.